The molecular weight excluding hydrogens is 381 g/mol. The zero-order chi connectivity index (χ0) is 21.0. The zero-order valence-corrected chi connectivity index (χ0v) is 18.5. The Bertz CT molecular complexity index is 863. The van der Waals surface area contributed by atoms with Crippen LogP contribution in [0.4, 0.5) is 0 Å². The molecule has 0 amide bonds. The second-order valence-electron chi connectivity index (χ2n) is 7.69. The number of hydrogen-bond acceptors (Lipinski definition) is 2. The number of rotatable bonds is 12. The maximum Gasteiger partial charge on any atom is 0.325 e. The van der Waals surface area contributed by atoms with Crippen molar-refractivity contribution in [3.8, 4) is 11.8 Å². The second-order valence-corrected chi connectivity index (χ2v) is 9.47. The molecule has 0 spiro atoms. The van der Waals surface area contributed by atoms with Crippen molar-refractivity contribution < 1.29 is 14.4 Å². The highest BCUT2D eigenvalue weighted by Gasteiger charge is 2.11. The smallest absolute Gasteiger partial charge is 0.324 e. The van der Waals surface area contributed by atoms with Gasteiger partial charge in [-0.15, -0.1) is 0 Å². The first-order chi connectivity index (χ1) is 14.0. The van der Waals surface area contributed by atoms with Crippen molar-refractivity contribution in [1.82, 2.24) is 4.98 Å². The molecule has 0 fully saturated rings. The molecule has 4 nitrogen and oxygen atoms in total. The van der Waals surface area contributed by atoms with Gasteiger partial charge >= 0.3 is 7.60 Å². The number of unbranched alkanes of at least 4 members (excludes halogenated alkanes) is 8. The van der Waals surface area contributed by atoms with Gasteiger partial charge < -0.3 is 9.79 Å². The van der Waals surface area contributed by atoms with E-state index in [2.05, 4.69) is 41.9 Å². The van der Waals surface area contributed by atoms with Crippen LogP contribution in [0.3, 0.4) is 0 Å². The Hall–Kier alpha value is -1.66. The van der Waals surface area contributed by atoms with Crippen molar-refractivity contribution in [2.75, 3.05) is 6.16 Å². The maximum atomic E-state index is 10.9. The molecule has 0 radical (unpaired) electrons. The van der Waals surface area contributed by atoms with Gasteiger partial charge in [0.15, 0.2) is 0 Å². The van der Waals surface area contributed by atoms with E-state index in [-0.39, 0.29) is 6.16 Å². The third-order valence-electron chi connectivity index (χ3n) is 5.13. The standard InChI is InChI=1S/C24H34NO3P/c1-2-3-4-5-6-7-8-10-14-21-17-18-22(24-23(21)16-13-19-25-24)15-11-9-12-20-29(26,27)28/h13,16-19H,2-9,11-12,15,20H2,1H3,(H2,26,27,28). The van der Waals surface area contributed by atoms with Crippen LogP contribution in [0.25, 0.3) is 10.9 Å². The highest BCUT2D eigenvalue weighted by atomic mass is 31.2. The Morgan fingerprint density at radius 3 is 2.52 bits per heavy atom. The molecule has 2 rings (SSSR count). The summed E-state index contributed by atoms with van der Waals surface area (Å²) in [7, 11) is -3.87. The van der Waals surface area contributed by atoms with Gasteiger partial charge in [0.25, 0.3) is 0 Å². The maximum absolute atomic E-state index is 10.9. The van der Waals surface area contributed by atoms with E-state index in [0.29, 0.717) is 6.42 Å². The highest BCUT2D eigenvalue weighted by molar-refractivity contribution is 7.51. The molecule has 1 heterocycles. The number of aryl methyl sites for hydroxylation is 1. The van der Waals surface area contributed by atoms with Crippen LogP contribution in [-0.4, -0.2) is 20.9 Å². The van der Waals surface area contributed by atoms with E-state index in [1.54, 1.807) is 0 Å². The second kappa shape index (κ2) is 12.8. The van der Waals surface area contributed by atoms with Crippen molar-refractivity contribution >= 4 is 18.5 Å². The third kappa shape index (κ3) is 9.13. The van der Waals surface area contributed by atoms with E-state index in [9.17, 15) is 4.57 Å². The van der Waals surface area contributed by atoms with Crippen molar-refractivity contribution in [3.05, 3.63) is 41.6 Å². The number of benzene rings is 1. The first-order valence-corrected chi connectivity index (χ1v) is 12.7. The molecule has 0 aliphatic rings. The molecule has 29 heavy (non-hydrogen) atoms. The van der Waals surface area contributed by atoms with Gasteiger partial charge in [0, 0.05) is 29.7 Å². The number of hydrogen-bond donors (Lipinski definition) is 2. The minimum absolute atomic E-state index is 0.0286. The van der Waals surface area contributed by atoms with Crippen LogP contribution < -0.4 is 0 Å². The first-order valence-electron chi connectivity index (χ1n) is 10.9. The molecule has 1 aromatic heterocycles. The van der Waals surface area contributed by atoms with Crippen LogP contribution in [0.15, 0.2) is 30.5 Å². The predicted octanol–water partition coefficient (Wildman–Crippen LogP) is 6.23. The van der Waals surface area contributed by atoms with Gasteiger partial charge in [0.1, 0.15) is 0 Å². The average molecular weight is 416 g/mol. The summed E-state index contributed by atoms with van der Waals surface area (Å²) in [5.41, 5.74) is 3.21. The van der Waals surface area contributed by atoms with Crippen LogP contribution >= 0.6 is 7.60 Å². The minimum Gasteiger partial charge on any atom is -0.324 e. The van der Waals surface area contributed by atoms with Gasteiger partial charge in [-0.1, -0.05) is 69.4 Å². The Morgan fingerprint density at radius 2 is 1.72 bits per heavy atom. The summed E-state index contributed by atoms with van der Waals surface area (Å²) in [5, 5.41) is 1.09. The van der Waals surface area contributed by atoms with Crippen LogP contribution in [-0.2, 0) is 11.0 Å². The Kier molecular flexibility index (Phi) is 10.4. The van der Waals surface area contributed by atoms with Gasteiger partial charge in [-0.25, -0.2) is 0 Å². The number of nitrogens with zero attached hydrogens (tertiary/aromatic N) is 1. The summed E-state index contributed by atoms with van der Waals surface area (Å²) in [6, 6.07) is 8.22. The van der Waals surface area contributed by atoms with Crippen molar-refractivity contribution in [3.63, 3.8) is 0 Å². The van der Waals surface area contributed by atoms with E-state index in [1.165, 1.54) is 44.1 Å². The molecule has 0 saturated carbocycles. The fraction of sp³-hybridized carbons (Fsp3) is 0.542. The zero-order valence-electron chi connectivity index (χ0n) is 17.6. The molecule has 0 unspecified atom stereocenters. The molecule has 0 saturated heterocycles. The molecular formula is C24H34NO3P. The fourth-order valence-corrected chi connectivity index (χ4v) is 4.14. The summed E-state index contributed by atoms with van der Waals surface area (Å²) >= 11 is 0. The Labute approximate surface area is 175 Å². The number of aromatic nitrogens is 1. The third-order valence-corrected chi connectivity index (χ3v) is 6.03. The minimum atomic E-state index is -3.87. The van der Waals surface area contributed by atoms with Crippen LogP contribution in [0.2, 0.25) is 0 Å². The number of pyridine rings is 1. The molecule has 158 valence electrons. The van der Waals surface area contributed by atoms with E-state index in [4.69, 9.17) is 9.79 Å². The lowest BCUT2D eigenvalue weighted by Gasteiger charge is -2.08. The average Bonchev–Trinajstić information content (AvgIpc) is 2.70. The lowest BCUT2D eigenvalue weighted by atomic mass is 10.00. The van der Waals surface area contributed by atoms with Gasteiger partial charge in [-0.05, 0) is 43.4 Å². The predicted molar refractivity (Wildman–Crippen MR) is 121 cm³/mol. The van der Waals surface area contributed by atoms with E-state index in [1.807, 2.05) is 12.3 Å². The largest absolute Gasteiger partial charge is 0.325 e. The van der Waals surface area contributed by atoms with Crippen LogP contribution in [0.1, 0.15) is 82.3 Å². The topological polar surface area (TPSA) is 70.4 Å². The normalized spacial score (nSPS) is 11.4. The Morgan fingerprint density at radius 1 is 0.966 bits per heavy atom. The molecule has 1 aromatic carbocycles. The molecule has 2 aromatic rings. The lowest BCUT2D eigenvalue weighted by molar-refractivity contribution is 0.371. The summed E-state index contributed by atoms with van der Waals surface area (Å²) < 4.78 is 10.9. The van der Waals surface area contributed by atoms with Crippen LogP contribution in [0, 0.1) is 11.8 Å². The Balaban J connectivity index is 1.91. The first kappa shape index (κ1) is 23.6. The molecule has 0 bridgehead atoms. The van der Waals surface area contributed by atoms with Crippen molar-refractivity contribution in [1.29, 1.82) is 0 Å². The summed E-state index contributed by atoms with van der Waals surface area (Å²) in [5.74, 6) is 6.66. The summed E-state index contributed by atoms with van der Waals surface area (Å²) in [6.07, 6.45) is 13.5. The monoisotopic (exact) mass is 415 g/mol. The quantitative estimate of drug-likeness (QED) is 0.245. The summed E-state index contributed by atoms with van der Waals surface area (Å²) in [4.78, 5) is 22.5. The molecule has 0 aliphatic carbocycles. The SMILES string of the molecule is CCCCCCCCC#Cc1ccc(CCCCCP(=O)(O)O)c2ncccc12. The molecule has 0 aliphatic heterocycles. The molecule has 5 heteroatoms. The van der Waals surface area contributed by atoms with Crippen molar-refractivity contribution in [2.24, 2.45) is 0 Å². The van der Waals surface area contributed by atoms with Gasteiger partial charge in [-0.2, -0.15) is 0 Å². The summed E-state index contributed by atoms with van der Waals surface area (Å²) in [6.45, 7) is 2.24. The fourth-order valence-electron chi connectivity index (χ4n) is 3.50. The van der Waals surface area contributed by atoms with E-state index >= 15 is 0 Å². The van der Waals surface area contributed by atoms with E-state index < -0.39 is 7.60 Å². The van der Waals surface area contributed by atoms with Gasteiger partial charge in [-0.3, -0.25) is 9.55 Å². The lowest BCUT2D eigenvalue weighted by Crippen LogP contribution is -1.94. The highest BCUT2D eigenvalue weighted by Crippen LogP contribution is 2.35. The van der Waals surface area contributed by atoms with Gasteiger partial charge in [0.2, 0.25) is 0 Å². The number of fused-ring (bicyclic) bond motifs is 1. The molecule has 2 N–H and O–H groups in total. The van der Waals surface area contributed by atoms with E-state index in [0.717, 1.165) is 42.1 Å². The van der Waals surface area contributed by atoms with Gasteiger partial charge in [0.05, 0.1) is 5.52 Å². The van der Waals surface area contributed by atoms with Crippen LogP contribution in [0.5, 0.6) is 0 Å². The molecule has 0 atom stereocenters. The van der Waals surface area contributed by atoms with Crippen molar-refractivity contribution in [2.45, 2.75) is 77.6 Å².